The highest BCUT2D eigenvalue weighted by atomic mass is 17.0. The van der Waals surface area contributed by atoms with Crippen LogP contribution in [0, 0.1) is 30.3 Å². The lowest BCUT2D eigenvalue weighted by Crippen LogP contribution is -2.36. The largest absolute Gasteiger partial charge is 0.311 e. The summed E-state index contributed by atoms with van der Waals surface area (Å²) in [4.78, 5) is 95.6. The van der Waals surface area contributed by atoms with E-state index in [1.165, 1.54) is 13.8 Å². The molecule has 0 aliphatic rings. The molecule has 3 unspecified atom stereocenters. The van der Waals surface area contributed by atoms with Gasteiger partial charge in [-0.15, -0.1) is 30.3 Å². The average molecular weight is 497 g/mol. The quantitative estimate of drug-likeness (QED) is 0.225. The van der Waals surface area contributed by atoms with Crippen molar-refractivity contribution in [3.8, 4) is 0 Å². The molecule has 0 spiro atoms. The van der Waals surface area contributed by atoms with Crippen molar-refractivity contribution in [1.82, 2.24) is 9.13 Å². The van der Waals surface area contributed by atoms with Crippen molar-refractivity contribution in [2.45, 2.75) is 38.6 Å². The summed E-state index contributed by atoms with van der Waals surface area (Å²) in [6, 6.07) is 0.911. The molecular weight excluding hydrogens is 482 g/mol. The van der Waals surface area contributed by atoms with Crippen LogP contribution in [0.25, 0.3) is 21.5 Å². The average Bonchev–Trinajstić information content (AvgIpc) is 3.14. The molecule has 0 aliphatic heterocycles. The molecule has 2 heterocycles. The van der Waals surface area contributed by atoms with Crippen molar-refractivity contribution in [1.29, 1.82) is 0 Å². The second-order valence-corrected chi connectivity index (χ2v) is 7.39. The predicted octanol–water partition coefficient (Wildman–Crippen LogP) is -1.14. The Balaban J connectivity index is 2.11. The van der Waals surface area contributed by atoms with Crippen molar-refractivity contribution in [3.63, 3.8) is 0 Å². The molecule has 0 radical (unpaired) electrons. The Labute approximate surface area is 190 Å². The van der Waals surface area contributed by atoms with Crippen LogP contribution in [-0.4, -0.2) is 43.2 Å². The predicted molar refractivity (Wildman–Crippen MR) is 112 cm³/mol. The van der Waals surface area contributed by atoms with Gasteiger partial charge in [-0.3, -0.25) is 28.3 Å². The van der Waals surface area contributed by atoms with Crippen LogP contribution in [0.2, 0.25) is 0 Å². The summed E-state index contributed by atoms with van der Waals surface area (Å²) in [5.41, 5.74) is -3.76. The van der Waals surface area contributed by atoms with Gasteiger partial charge >= 0.3 is 0 Å². The first-order valence-electron chi connectivity index (χ1n) is 9.65. The fourth-order valence-corrected chi connectivity index (χ4v) is 3.60. The molecule has 1 aromatic carbocycles. The summed E-state index contributed by atoms with van der Waals surface area (Å²) >= 11 is 0. The Morgan fingerprint density at radius 3 is 1.66 bits per heavy atom. The summed E-state index contributed by atoms with van der Waals surface area (Å²) in [6.07, 6.45) is -2.88. The number of hydrogen-bond donors (Lipinski definition) is 0. The van der Waals surface area contributed by atoms with Gasteiger partial charge in [-0.1, -0.05) is 0 Å². The first kappa shape index (κ1) is 24.7. The summed E-state index contributed by atoms with van der Waals surface area (Å²) < 4.78 is 1.20. The lowest BCUT2D eigenvalue weighted by atomic mass is 10.1. The fraction of sp³-hybridized carbons (Fsp3) is 0.412. The number of nitrogens with zero attached hydrogens (tertiary/aromatic N) is 5. The summed E-state index contributed by atoms with van der Waals surface area (Å²) in [7, 11) is 0. The van der Waals surface area contributed by atoms with Gasteiger partial charge in [0.2, 0.25) is 0 Å². The van der Waals surface area contributed by atoms with E-state index >= 15 is 0 Å². The third kappa shape index (κ3) is 4.61. The van der Waals surface area contributed by atoms with Crippen molar-refractivity contribution in [2.24, 2.45) is 0 Å². The van der Waals surface area contributed by atoms with Crippen molar-refractivity contribution in [2.75, 3.05) is 6.61 Å². The van der Waals surface area contributed by atoms with Crippen molar-refractivity contribution < 1.29 is 29.8 Å². The van der Waals surface area contributed by atoms with Crippen LogP contribution in [0.4, 0.5) is 0 Å². The fourth-order valence-electron chi connectivity index (χ4n) is 3.60. The molecule has 3 atom stereocenters. The van der Waals surface area contributed by atoms with E-state index in [9.17, 15) is 49.5 Å². The van der Waals surface area contributed by atoms with E-state index in [1.807, 2.05) is 0 Å². The highest BCUT2D eigenvalue weighted by Crippen LogP contribution is 2.18. The van der Waals surface area contributed by atoms with E-state index in [2.05, 4.69) is 14.5 Å². The first-order valence-corrected chi connectivity index (χ1v) is 9.65. The molecule has 0 N–H and O–H groups in total. The molecule has 0 saturated heterocycles. The molecule has 18 heteroatoms. The summed E-state index contributed by atoms with van der Waals surface area (Å²) in [5, 5.41) is 26.9. The summed E-state index contributed by atoms with van der Waals surface area (Å²) in [5.74, 6) is 0. The molecule has 35 heavy (non-hydrogen) atoms. The molecule has 0 amide bonds. The Kier molecular flexibility index (Phi) is 6.47. The van der Waals surface area contributed by atoms with Gasteiger partial charge < -0.3 is 14.5 Å². The van der Waals surface area contributed by atoms with E-state index in [0.29, 0.717) is 9.13 Å². The molecule has 3 aromatic rings. The minimum absolute atomic E-state index is 0.244. The minimum atomic E-state index is -1.70. The van der Waals surface area contributed by atoms with Crippen LogP contribution in [0.1, 0.15) is 19.9 Å². The van der Waals surface area contributed by atoms with E-state index in [0.717, 1.165) is 12.1 Å². The van der Waals surface area contributed by atoms with Gasteiger partial charge in [0.1, 0.15) is 18.8 Å². The second-order valence-electron chi connectivity index (χ2n) is 7.39. The monoisotopic (exact) mass is 497 g/mol. The number of benzene rings is 1. The third-order valence-electron chi connectivity index (χ3n) is 5.33. The van der Waals surface area contributed by atoms with E-state index in [-0.39, 0.29) is 21.5 Å². The Hall–Kier alpha value is -4.90. The van der Waals surface area contributed by atoms with Gasteiger partial charge in [0.05, 0.1) is 34.1 Å². The topological polar surface area (TPSA) is 235 Å². The van der Waals surface area contributed by atoms with Gasteiger partial charge in [-0.05, 0) is 26.0 Å². The van der Waals surface area contributed by atoms with Gasteiger partial charge in [0.25, 0.3) is 37.5 Å². The van der Waals surface area contributed by atoms with Crippen LogP contribution in [0.15, 0.2) is 31.3 Å². The zero-order valence-corrected chi connectivity index (χ0v) is 17.8. The molecular formula is C17H15N5O13. The maximum atomic E-state index is 12.9. The normalized spacial score (nSPS) is 13.9. The first-order chi connectivity index (χ1) is 16.3. The zero-order chi connectivity index (χ0) is 26.2. The van der Waals surface area contributed by atoms with E-state index < -0.39 is 68.9 Å². The highest BCUT2D eigenvalue weighted by Gasteiger charge is 2.27. The van der Waals surface area contributed by atoms with E-state index in [1.54, 1.807) is 0 Å². The molecule has 186 valence electrons. The maximum absolute atomic E-state index is 12.9. The highest BCUT2D eigenvalue weighted by molar-refractivity contribution is 5.97. The summed E-state index contributed by atoms with van der Waals surface area (Å²) in [6.45, 7) is 0.844. The lowest BCUT2D eigenvalue weighted by molar-refractivity contribution is -0.790. The number of aromatic nitrogens is 2. The third-order valence-corrected chi connectivity index (χ3v) is 5.33. The molecule has 3 rings (SSSR count). The SMILES string of the molecule is CC(O[N+](=O)[O-])C(C)n1c(=O)c2cc3c(=O)n(CC(CO[N+](=O)[O-])O[N+](=O)[O-])c(=O)c3cc2c1=O. The zero-order valence-electron chi connectivity index (χ0n) is 17.8. The smallest absolute Gasteiger partial charge is 0.294 e. The molecule has 0 aliphatic carbocycles. The second kappa shape index (κ2) is 9.15. The van der Waals surface area contributed by atoms with Crippen LogP contribution in [0.3, 0.4) is 0 Å². The molecule has 0 bridgehead atoms. The maximum Gasteiger partial charge on any atom is 0.294 e. The number of rotatable bonds is 11. The van der Waals surface area contributed by atoms with Crippen LogP contribution >= 0.6 is 0 Å². The van der Waals surface area contributed by atoms with Crippen LogP contribution in [-0.2, 0) is 21.1 Å². The van der Waals surface area contributed by atoms with Crippen LogP contribution < -0.4 is 22.2 Å². The number of hydrogen-bond acceptors (Lipinski definition) is 13. The Bertz CT molecular complexity index is 1470. The number of fused-ring (bicyclic) bond motifs is 2. The van der Waals surface area contributed by atoms with Gasteiger partial charge in [0.15, 0.2) is 0 Å². The van der Waals surface area contributed by atoms with Crippen molar-refractivity contribution in [3.05, 3.63) is 83.9 Å². The standard InChI is InChI=1S/C17H15N5O13/c1-7(8(2)34-21(29)30)19-16(25)12-3-10-11(4-13(12)17(19)26)15(24)18(14(10)23)5-9(35-22(31)32)6-33-20(27)28/h3-4,7-9H,5-6H2,1-2H3. The molecule has 0 saturated carbocycles. The van der Waals surface area contributed by atoms with Crippen LogP contribution in [0.5, 0.6) is 0 Å². The lowest BCUT2D eigenvalue weighted by Gasteiger charge is -2.17. The van der Waals surface area contributed by atoms with Crippen molar-refractivity contribution >= 4 is 21.5 Å². The minimum Gasteiger partial charge on any atom is -0.311 e. The van der Waals surface area contributed by atoms with Gasteiger partial charge in [0, 0.05) is 0 Å². The Morgan fingerprint density at radius 1 is 0.771 bits per heavy atom. The Morgan fingerprint density at radius 2 is 1.23 bits per heavy atom. The molecule has 2 aromatic heterocycles. The van der Waals surface area contributed by atoms with Gasteiger partial charge in [-0.2, -0.15) is 0 Å². The van der Waals surface area contributed by atoms with Gasteiger partial charge in [-0.25, -0.2) is 0 Å². The molecule has 0 fully saturated rings. The van der Waals surface area contributed by atoms with E-state index in [4.69, 9.17) is 0 Å². The molecule has 18 nitrogen and oxygen atoms in total.